The fraction of sp³-hybridized carbons (Fsp3) is 0.250. The minimum atomic E-state index is -5.61. The first-order valence-corrected chi connectivity index (χ1v) is 6.61. The highest BCUT2D eigenvalue weighted by Gasteiger charge is 2.94. The maximum atomic E-state index is 13.4. The molecule has 0 bridgehead atoms. The van der Waals surface area contributed by atoms with Crippen LogP contribution in [0.25, 0.3) is 0 Å². The molecule has 0 amide bonds. The van der Waals surface area contributed by atoms with Crippen molar-refractivity contribution in [2.24, 2.45) is 0 Å². The Balaban J connectivity index is 2.29. The van der Waals surface area contributed by atoms with Gasteiger partial charge in [-0.25, -0.2) is 0 Å². The van der Waals surface area contributed by atoms with E-state index in [4.69, 9.17) is 0 Å². The van der Waals surface area contributed by atoms with Gasteiger partial charge in [0, 0.05) is 0 Å². The van der Waals surface area contributed by atoms with Gasteiger partial charge < -0.3 is 4.74 Å². The summed E-state index contributed by atoms with van der Waals surface area (Å²) in [5, 5.41) is 0. The number of hydrogen-bond donors (Lipinski definition) is 0. The average Bonchev–Trinajstić information content (AvgIpc) is 3.22. The molecule has 2 aromatic rings. The fourth-order valence-corrected chi connectivity index (χ4v) is 2.92. The van der Waals surface area contributed by atoms with Crippen LogP contribution in [0.3, 0.4) is 0 Å². The van der Waals surface area contributed by atoms with Gasteiger partial charge in [0.2, 0.25) is 0 Å². The smallest absolute Gasteiger partial charge is 0.335 e. The zero-order chi connectivity index (χ0) is 16.9. The van der Waals surface area contributed by atoms with E-state index in [2.05, 4.69) is 4.74 Å². The molecule has 3 rings (SSSR count). The molecule has 1 fully saturated rings. The Morgan fingerprint density at radius 1 is 0.609 bits per heavy atom. The van der Waals surface area contributed by atoms with Gasteiger partial charge in [-0.1, -0.05) is 60.7 Å². The maximum absolute atomic E-state index is 13.4. The number of hydrogen-bond acceptors (Lipinski definition) is 1. The highest BCUT2D eigenvalue weighted by Crippen LogP contribution is 2.72. The first kappa shape index (κ1) is 15.9. The van der Waals surface area contributed by atoms with Gasteiger partial charge in [0.25, 0.3) is 5.60 Å². The zero-order valence-electron chi connectivity index (χ0n) is 11.4. The molecule has 1 aliphatic heterocycles. The molecule has 7 heteroatoms. The predicted molar refractivity (Wildman–Crippen MR) is 69.6 cm³/mol. The molecule has 0 atom stereocenters. The number of epoxide rings is 1. The molecule has 1 nitrogen and oxygen atoms in total. The third kappa shape index (κ3) is 1.99. The second-order valence-corrected chi connectivity index (χ2v) is 5.19. The summed E-state index contributed by atoms with van der Waals surface area (Å²) in [6.07, 6.45) is -11.2. The highest BCUT2D eigenvalue weighted by atomic mass is 19.4. The molecule has 0 unspecified atom stereocenters. The predicted octanol–water partition coefficient (Wildman–Crippen LogP) is 4.82. The molecule has 0 spiro atoms. The summed E-state index contributed by atoms with van der Waals surface area (Å²) in [6.45, 7) is 0. The van der Waals surface area contributed by atoms with Crippen molar-refractivity contribution >= 4 is 0 Å². The van der Waals surface area contributed by atoms with Crippen LogP contribution in [0, 0.1) is 0 Å². The van der Waals surface area contributed by atoms with Gasteiger partial charge in [-0.3, -0.25) is 0 Å². The molecule has 0 saturated carbocycles. The van der Waals surface area contributed by atoms with Crippen molar-refractivity contribution in [3.8, 4) is 0 Å². The van der Waals surface area contributed by atoms with Crippen LogP contribution in [0.2, 0.25) is 0 Å². The lowest BCUT2D eigenvalue weighted by molar-refractivity contribution is -0.293. The van der Waals surface area contributed by atoms with Gasteiger partial charge in [0.15, 0.2) is 5.60 Å². The van der Waals surface area contributed by atoms with E-state index in [1.54, 1.807) is 0 Å². The molecular weight excluding hydrogens is 322 g/mol. The van der Waals surface area contributed by atoms with Crippen molar-refractivity contribution in [2.75, 3.05) is 0 Å². The summed E-state index contributed by atoms with van der Waals surface area (Å²) >= 11 is 0. The SMILES string of the molecule is FC(F)(F)C1(C(F)(F)F)OC1(c1ccccc1)c1ccccc1. The van der Waals surface area contributed by atoms with Crippen LogP contribution in [0.4, 0.5) is 26.3 Å². The number of halogens is 6. The lowest BCUT2D eigenvalue weighted by Crippen LogP contribution is -2.51. The monoisotopic (exact) mass is 332 g/mol. The lowest BCUT2D eigenvalue weighted by atomic mass is 9.79. The second-order valence-electron chi connectivity index (χ2n) is 5.19. The minimum absolute atomic E-state index is 0.194. The molecule has 0 aromatic heterocycles. The Hall–Kier alpha value is -2.02. The van der Waals surface area contributed by atoms with Crippen molar-refractivity contribution in [1.82, 2.24) is 0 Å². The largest absolute Gasteiger partial charge is 0.430 e. The average molecular weight is 332 g/mol. The molecule has 1 aliphatic rings. The van der Waals surface area contributed by atoms with E-state index in [1.807, 2.05) is 0 Å². The normalized spacial score (nSPS) is 19.4. The minimum Gasteiger partial charge on any atom is -0.335 e. The summed E-state index contributed by atoms with van der Waals surface area (Å²) in [5.41, 5.74) is -7.27. The van der Waals surface area contributed by atoms with Gasteiger partial charge in [-0.2, -0.15) is 26.3 Å². The Morgan fingerprint density at radius 3 is 1.22 bits per heavy atom. The molecule has 0 N–H and O–H groups in total. The van der Waals surface area contributed by atoms with Gasteiger partial charge in [-0.05, 0) is 11.1 Å². The number of rotatable bonds is 2. The molecule has 1 heterocycles. The van der Waals surface area contributed by atoms with Crippen LogP contribution in [0.5, 0.6) is 0 Å². The Kier molecular flexibility index (Phi) is 3.27. The molecule has 1 saturated heterocycles. The van der Waals surface area contributed by atoms with E-state index < -0.39 is 23.6 Å². The van der Waals surface area contributed by atoms with E-state index in [9.17, 15) is 26.3 Å². The zero-order valence-corrected chi connectivity index (χ0v) is 11.4. The Bertz CT molecular complexity index is 637. The first-order chi connectivity index (χ1) is 10.7. The summed E-state index contributed by atoms with van der Waals surface area (Å²) in [7, 11) is 0. The summed E-state index contributed by atoms with van der Waals surface area (Å²) in [6, 6.07) is 13.3. The topological polar surface area (TPSA) is 12.5 Å². The van der Waals surface area contributed by atoms with Gasteiger partial charge >= 0.3 is 12.4 Å². The number of alkyl halides is 6. The Labute approximate surface area is 127 Å². The molecule has 122 valence electrons. The quantitative estimate of drug-likeness (QED) is 0.567. The van der Waals surface area contributed by atoms with E-state index in [1.165, 1.54) is 60.7 Å². The number of ether oxygens (including phenoxy) is 1. The van der Waals surface area contributed by atoms with Gasteiger partial charge in [0.1, 0.15) is 0 Å². The molecule has 0 aliphatic carbocycles. The van der Waals surface area contributed by atoms with Crippen LogP contribution in [0.1, 0.15) is 11.1 Å². The van der Waals surface area contributed by atoms with Crippen LogP contribution >= 0.6 is 0 Å². The van der Waals surface area contributed by atoms with Gasteiger partial charge in [0.05, 0.1) is 0 Å². The molecular formula is C16H10F6O. The van der Waals surface area contributed by atoms with Crippen LogP contribution in [-0.4, -0.2) is 18.0 Å². The van der Waals surface area contributed by atoms with Crippen molar-refractivity contribution in [1.29, 1.82) is 0 Å². The van der Waals surface area contributed by atoms with Crippen molar-refractivity contribution in [3.05, 3.63) is 71.8 Å². The summed E-state index contributed by atoms with van der Waals surface area (Å²) < 4.78 is 85.0. The van der Waals surface area contributed by atoms with E-state index in [0.717, 1.165) is 0 Å². The fourth-order valence-electron chi connectivity index (χ4n) is 2.92. The maximum Gasteiger partial charge on any atom is 0.430 e. The molecule has 0 radical (unpaired) electrons. The van der Waals surface area contributed by atoms with Crippen LogP contribution < -0.4 is 0 Å². The van der Waals surface area contributed by atoms with Crippen molar-refractivity contribution in [2.45, 2.75) is 23.6 Å². The molecule has 23 heavy (non-hydrogen) atoms. The van der Waals surface area contributed by atoms with Crippen LogP contribution in [0.15, 0.2) is 60.7 Å². The van der Waals surface area contributed by atoms with Gasteiger partial charge in [-0.15, -0.1) is 0 Å². The summed E-state index contributed by atoms with van der Waals surface area (Å²) in [4.78, 5) is 0. The number of benzene rings is 2. The van der Waals surface area contributed by atoms with Crippen LogP contribution in [-0.2, 0) is 10.3 Å². The second kappa shape index (κ2) is 4.74. The first-order valence-electron chi connectivity index (χ1n) is 6.61. The lowest BCUT2D eigenvalue weighted by Gasteiger charge is -2.25. The standard InChI is InChI=1S/C16H10F6O/c17-15(18,19)14(16(20,21)22)13(23-14,11-7-3-1-4-8-11)12-9-5-2-6-10-12/h1-10H. The third-order valence-electron chi connectivity index (χ3n) is 3.92. The van der Waals surface area contributed by atoms with E-state index in [0.29, 0.717) is 0 Å². The Morgan fingerprint density at radius 2 is 0.957 bits per heavy atom. The summed E-state index contributed by atoms with van der Waals surface area (Å²) in [5.74, 6) is 0. The third-order valence-corrected chi connectivity index (χ3v) is 3.92. The van der Waals surface area contributed by atoms with E-state index in [-0.39, 0.29) is 11.1 Å². The molecule has 2 aromatic carbocycles. The van der Waals surface area contributed by atoms with Crippen molar-refractivity contribution in [3.63, 3.8) is 0 Å². The highest BCUT2D eigenvalue weighted by molar-refractivity contribution is 5.49. The van der Waals surface area contributed by atoms with Crippen molar-refractivity contribution < 1.29 is 31.1 Å². The van der Waals surface area contributed by atoms with E-state index >= 15 is 0 Å².